The van der Waals surface area contributed by atoms with Crippen LogP contribution in [0.4, 0.5) is 20.2 Å². The predicted molar refractivity (Wildman–Crippen MR) is 164 cm³/mol. The van der Waals surface area contributed by atoms with Gasteiger partial charge in [0.05, 0.1) is 29.6 Å². The van der Waals surface area contributed by atoms with Crippen molar-refractivity contribution >= 4 is 34.0 Å². The number of nitrogens with zero attached hydrogens (tertiary/aromatic N) is 5. The highest BCUT2D eigenvalue weighted by molar-refractivity contribution is 6.15. The van der Waals surface area contributed by atoms with Crippen molar-refractivity contribution in [2.24, 2.45) is 4.99 Å². The molecule has 9 nitrogen and oxygen atoms in total. The largest absolute Gasteiger partial charge is 0.384 e. The second-order valence-electron chi connectivity index (χ2n) is 10.6. The third-order valence-electron chi connectivity index (χ3n) is 7.21. The topological polar surface area (TPSA) is 111 Å². The van der Waals surface area contributed by atoms with Crippen LogP contribution in [0.1, 0.15) is 30.3 Å². The molecule has 0 radical (unpaired) electrons. The fourth-order valence-electron chi connectivity index (χ4n) is 5.08. The third-order valence-corrected chi connectivity index (χ3v) is 7.21. The third kappa shape index (κ3) is 5.71. The molecule has 1 aliphatic rings. The number of imidazole rings is 1. The van der Waals surface area contributed by atoms with Crippen molar-refractivity contribution in [3.05, 3.63) is 89.6 Å². The van der Waals surface area contributed by atoms with Crippen molar-refractivity contribution in [1.82, 2.24) is 24.8 Å². The van der Waals surface area contributed by atoms with E-state index in [-0.39, 0.29) is 5.91 Å². The highest BCUT2D eigenvalue weighted by Gasteiger charge is 2.27. The Bertz CT molecular complexity index is 1880. The monoisotopic (exact) mass is 580 g/mol. The summed E-state index contributed by atoms with van der Waals surface area (Å²) in [6.07, 6.45) is 5.03. The van der Waals surface area contributed by atoms with Gasteiger partial charge in [-0.3, -0.25) is 19.8 Å². The standard InChI is InChI=1S/C32H30F2N8O/c1-4-26(43)39-23-13-20(15-35-17-23)24-6-5-18-16-38-31(27(18)28(24)34)32-40-25-7-8-37-29(30(25)41-32)19-11-21(33)14-22(12-19)36-9-10-42(2)3/h5-8,11-15,17,36H,4,9-10,16H2,1-3H3,(H,39,43)(H,40,41). The van der Waals surface area contributed by atoms with E-state index in [1.54, 1.807) is 37.5 Å². The van der Waals surface area contributed by atoms with E-state index in [0.29, 0.717) is 81.4 Å². The van der Waals surface area contributed by atoms with Gasteiger partial charge in [0.2, 0.25) is 5.91 Å². The number of benzene rings is 2. The van der Waals surface area contributed by atoms with Crippen molar-refractivity contribution in [3.63, 3.8) is 0 Å². The van der Waals surface area contributed by atoms with Crippen LogP contribution in [0.25, 0.3) is 33.4 Å². The number of fused-ring (bicyclic) bond motifs is 2. The Labute approximate surface area is 247 Å². The summed E-state index contributed by atoms with van der Waals surface area (Å²) in [4.78, 5) is 35.3. The lowest BCUT2D eigenvalue weighted by Gasteiger charge is -2.12. The number of halogens is 2. The highest BCUT2D eigenvalue weighted by Crippen LogP contribution is 2.34. The molecule has 11 heteroatoms. The van der Waals surface area contributed by atoms with Gasteiger partial charge in [-0.05, 0) is 50.0 Å². The molecule has 43 heavy (non-hydrogen) atoms. The van der Waals surface area contributed by atoms with Gasteiger partial charge in [0.15, 0.2) is 5.82 Å². The molecule has 0 fully saturated rings. The Morgan fingerprint density at radius 2 is 1.88 bits per heavy atom. The van der Waals surface area contributed by atoms with E-state index in [2.05, 4.69) is 30.6 Å². The maximum Gasteiger partial charge on any atom is 0.224 e. The number of nitrogens with one attached hydrogen (secondary N) is 3. The number of amides is 1. The quantitative estimate of drug-likeness (QED) is 0.208. The van der Waals surface area contributed by atoms with Gasteiger partial charge in [-0.25, -0.2) is 13.8 Å². The molecule has 3 aromatic heterocycles. The lowest BCUT2D eigenvalue weighted by molar-refractivity contribution is -0.115. The molecule has 5 aromatic rings. The molecular weight excluding hydrogens is 550 g/mol. The van der Waals surface area contributed by atoms with Gasteiger partial charge >= 0.3 is 0 Å². The molecule has 0 spiro atoms. The van der Waals surface area contributed by atoms with E-state index in [0.717, 1.165) is 12.1 Å². The summed E-state index contributed by atoms with van der Waals surface area (Å²) in [5, 5.41) is 6.02. The number of aromatic amines is 1. The van der Waals surface area contributed by atoms with E-state index in [1.165, 1.54) is 18.3 Å². The fourth-order valence-corrected chi connectivity index (χ4v) is 5.08. The molecule has 1 aliphatic heterocycles. The first kappa shape index (κ1) is 28.1. The summed E-state index contributed by atoms with van der Waals surface area (Å²) >= 11 is 0. The zero-order valence-corrected chi connectivity index (χ0v) is 24.0. The molecule has 0 bridgehead atoms. The molecular formula is C32H30F2N8O. The highest BCUT2D eigenvalue weighted by atomic mass is 19.1. The predicted octanol–water partition coefficient (Wildman–Crippen LogP) is 5.64. The van der Waals surface area contributed by atoms with Gasteiger partial charge in [-0.1, -0.05) is 19.1 Å². The smallest absolute Gasteiger partial charge is 0.224 e. The number of aromatic nitrogens is 4. The number of carbonyl (C=O) groups excluding carboxylic acids is 1. The SMILES string of the molecule is CCC(=O)Nc1cncc(-c2ccc3c(c2F)C(c2nc4c(-c5cc(F)cc(NCCN(C)C)c5)nccc4[nH]2)=NC3)c1. The number of rotatable bonds is 9. The number of carbonyl (C=O) groups is 1. The molecule has 4 heterocycles. The summed E-state index contributed by atoms with van der Waals surface area (Å²) in [6, 6.07) is 11.7. The Morgan fingerprint density at radius 3 is 2.70 bits per heavy atom. The number of aliphatic imine (C=N–C) groups is 1. The zero-order valence-electron chi connectivity index (χ0n) is 24.0. The first-order valence-electron chi connectivity index (χ1n) is 14.0. The zero-order chi connectivity index (χ0) is 30.1. The van der Waals surface area contributed by atoms with Gasteiger partial charge in [0.1, 0.15) is 22.9 Å². The van der Waals surface area contributed by atoms with Gasteiger partial charge < -0.3 is 20.5 Å². The summed E-state index contributed by atoms with van der Waals surface area (Å²) in [5.41, 5.74) is 5.74. The minimum Gasteiger partial charge on any atom is -0.384 e. The average Bonchev–Trinajstić information content (AvgIpc) is 3.62. The summed E-state index contributed by atoms with van der Waals surface area (Å²) in [5.74, 6) is -0.610. The van der Waals surface area contributed by atoms with Crippen molar-refractivity contribution in [3.8, 4) is 22.4 Å². The van der Waals surface area contributed by atoms with Gasteiger partial charge in [-0.2, -0.15) is 0 Å². The first-order valence-corrected chi connectivity index (χ1v) is 14.0. The molecule has 0 aliphatic carbocycles. The minimum atomic E-state index is -0.452. The van der Waals surface area contributed by atoms with Crippen LogP contribution in [0, 0.1) is 11.6 Å². The van der Waals surface area contributed by atoms with E-state index >= 15 is 4.39 Å². The van der Waals surface area contributed by atoms with Crippen LogP contribution in [0.2, 0.25) is 0 Å². The number of anilines is 2. The molecule has 1 amide bonds. The Kier molecular flexibility index (Phi) is 7.64. The summed E-state index contributed by atoms with van der Waals surface area (Å²) < 4.78 is 30.8. The second kappa shape index (κ2) is 11.7. The van der Waals surface area contributed by atoms with Crippen molar-refractivity contribution < 1.29 is 13.6 Å². The number of hydrogen-bond donors (Lipinski definition) is 3. The van der Waals surface area contributed by atoms with Crippen LogP contribution < -0.4 is 10.6 Å². The van der Waals surface area contributed by atoms with E-state index < -0.39 is 11.6 Å². The number of H-pyrrole nitrogens is 1. The Morgan fingerprint density at radius 1 is 1.05 bits per heavy atom. The molecule has 0 unspecified atom stereocenters. The van der Waals surface area contributed by atoms with E-state index in [9.17, 15) is 9.18 Å². The maximum absolute atomic E-state index is 16.2. The normalized spacial score (nSPS) is 12.5. The first-order chi connectivity index (χ1) is 20.8. The molecule has 6 rings (SSSR count). The number of pyridine rings is 2. The molecule has 3 N–H and O–H groups in total. The Hall–Kier alpha value is -5.03. The van der Waals surface area contributed by atoms with Crippen LogP contribution >= 0.6 is 0 Å². The summed E-state index contributed by atoms with van der Waals surface area (Å²) in [6.45, 7) is 3.51. The van der Waals surface area contributed by atoms with E-state index in [1.807, 2.05) is 31.1 Å². The van der Waals surface area contributed by atoms with Crippen LogP contribution in [0.5, 0.6) is 0 Å². The molecule has 218 valence electrons. The molecule has 0 saturated carbocycles. The van der Waals surface area contributed by atoms with Crippen molar-refractivity contribution in [2.75, 3.05) is 37.8 Å². The summed E-state index contributed by atoms with van der Waals surface area (Å²) in [7, 11) is 3.95. The lowest BCUT2D eigenvalue weighted by Crippen LogP contribution is -2.20. The second-order valence-corrected chi connectivity index (χ2v) is 10.6. The lowest BCUT2D eigenvalue weighted by atomic mass is 9.97. The molecule has 2 aromatic carbocycles. The average molecular weight is 581 g/mol. The Balaban J connectivity index is 1.36. The van der Waals surface area contributed by atoms with Crippen LogP contribution in [0.3, 0.4) is 0 Å². The minimum absolute atomic E-state index is 0.156. The fraction of sp³-hybridized carbons (Fsp3) is 0.219. The van der Waals surface area contributed by atoms with Gasteiger partial charge in [-0.15, -0.1) is 0 Å². The van der Waals surface area contributed by atoms with Crippen LogP contribution in [-0.2, 0) is 11.3 Å². The van der Waals surface area contributed by atoms with Crippen molar-refractivity contribution in [2.45, 2.75) is 19.9 Å². The molecule has 0 atom stereocenters. The molecule has 0 saturated heterocycles. The number of likely N-dealkylation sites (N-methyl/N-ethyl adjacent to an activating group) is 1. The van der Waals surface area contributed by atoms with Gasteiger partial charge in [0.25, 0.3) is 0 Å². The van der Waals surface area contributed by atoms with Crippen LogP contribution in [-0.4, -0.2) is 63.6 Å². The number of hydrogen-bond acceptors (Lipinski definition) is 7. The van der Waals surface area contributed by atoms with E-state index in [4.69, 9.17) is 4.98 Å². The van der Waals surface area contributed by atoms with Crippen molar-refractivity contribution in [1.29, 1.82) is 0 Å². The van der Waals surface area contributed by atoms with Crippen LogP contribution in [0.15, 0.2) is 66.0 Å². The maximum atomic E-state index is 16.2. The van der Waals surface area contributed by atoms with Gasteiger partial charge in [0, 0.05) is 59.8 Å².